The Balaban J connectivity index is 2.11. The summed E-state index contributed by atoms with van der Waals surface area (Å²) in [5, 5.41) is 15.2. The average Bonchev–Trinajstić information content (AvgIpc) is 3.00. The lowest BCUT2D eigenvalue weighted by Gasteiger charge is -2.33. The van der Waals surface area contributed by atoms with Gasteiger partial charge in [-0.15, -0.1) is 0 Å². The van der Waals surface area contributed by atoms with Crippen molar-refractivity contribution >= 4 is 21.7 Å². The van der Waals surface area contributed by atoms with Crippen LogP contribution in [-0.4, -0.2) is 42.3 Å². The first kappa shape index (κ1) is 13.4. The number of carboxylic acids is 1. The molecule has 0 saturated heterocycles. The first-order valence-electron chi connectivity index (χ1n) is 6.00. The maximum Gasteiger partial charge on any atom is 0.346 e. The zero-order valence-electron chi connectivity index (χ0n) is 10.6. The topological polar surface area (TPSA) is 113 Å². The van der Waals surface area contributed by atoms with Crippen molar-refractivity contribution in [3.63, 3.8) is 0 Å². The molecule has 110 valence electrons. The molecule has 2 N–H and O–H groups in total. The number of H-pyrrole nitrogens is 1. The fourth-order valence-corrected chi connectivity index (χ4v) is 3.45. The van der Waals surface area contributed by atoms with Crippen LogP contribution < -0.4 is 9.04 Å². The fourth-order valence-electron chi connectivity index (χ4n) is 2.07. The number of nitrogens with one attached hydrogen (secondary N) is 1. The van der Waals surface area contributed by atoms with Crippen LogP contribution in [0.3, 0.4) is 0 Å². The first-order valence-corrected chi connectivity index (χ1v) is 7.44. The van der Waals surface area contributed by atoms with Gasteiger partial charge in [-0.2, -0.15) is 5.10 Å². The van der Waals surface area contributed by atoms with Crippen molar-refractivity contribution < 1.29 is 23.1 Å². The maximum absolute atomic E-state index is 12.6. The van der Waals surface area contributed by atoms with Gasteiger partial charge in [-0.3, -0.25) is 9.40 Å². The van der Waals surface area contributed by atoms with Gasteiger partial charge in [0, 0.05) is 6.20 Å². The number of aromatic nitrogens is 2. The Hall–Kier alpha value is -2.55. The van der Waals surface area contributed by atoms with Crippen LogP contribution in [0.2, 0.25) is 0 Å². The largest absolute Gasteiger partial charge is 0.478 e. The van der Waals surface area contributed by atoms with Gasteiger partial charge in [-0.05, 0) is 12.1 Å². The van der Waals surface area contributed by atoms with E-state index in [0.29, 0.717) is 5.69 Å². The van der Waals surface area contributed by atoms with E-state index in [1.54, 1.807) is 18.2 Å². The Kier molecular flexibility index (Phi) is 3.05. The summed E-state index contributed by atoms with van der Waals surface area (Å²) in [6.45, 7) is -0.306. The molecule has 0 amide bonds. The number of rotatable bonds is 3. The summed E-state index contributed by atoms with van der Waals surface area (Å²) in [5.74, 6) is -1.01. The monoisotopic (exact) mass is 309 g/mol. The minimum Gasteiger partial charge on any atom is -0.478 e. The molecule has 1 unspecified atom stereocenters. The number of benzene rings is 1. The van der Waals surface area contributed by atoms with E-state index in [9.17, 15) is 13.2 Å². The van der Waals surface area contributed by atoms with Crippen LogP contribution in [0.4, 0.5) is 5.69 Å². The molecule has 1 atom stereocenters. The van der Waals surface area contributed by atoms with E-state index in [1.165, 1.54) is 18.5 Å². The van der Waals surface area contributed by atoms with Crippen LogP contribution in [-0.2, 0) is 14.8 Å². The highest BCUT2D eigenvalue weighted by molar-refractivity contribution is 7.92. The number of carbonyl (C=O) groups is 1. The maximum atomic E-state index is 12.6. The van der Waals surface area contributed by atoms with Gasteiger partial charge in [0.2, 0.25) is 6.10 Å². The standard InChI is InChI=1S/C12H11N3O5S/c16-12(17)11-7-15(9-3-1-2-4-10(9)20-11)21(18,19)8-5-13-14-6-8/h1-6,11H,7H2,(H,13,14)(H,16,17). The van der Waals surface area contributed by atoms with Gasteiger partial charge in [0.15, 0.2) is 0 Å². The van der Waals surface area contributed by atoms with Crippen LogP contribution in [0.25, 0.3) is 0 Å². The predicted octanol–water partition coefficient (Wildman–Crippen LogP) is 0.451. The number of sulfonamides is 1. The van der Waals surface area contributed by atoms with E-state index in [2.05, 4.69) is 10.2 Å². The van der Waals surface area contributed by atoms with Crippen molar-refractivity contribution in [1.82, 2.24) is 10.2 Å². The molecule has 0 spiro atoms. The minimum atomic E-state index is -3.90. The molecule has 0 fully saturated rings. The summed E-state index contributed by atoms with van der Waals surface area (Å²) in [6, 6.07) is 6.39. The number of aromatic amines is 1. The van der Waals surface area contributed by atoms with Gasteiger partial charge in [-0.1, -0.05) is 12.1 Å². The number of ether oxygens (including phenoxy) is 1. The minimum absolute atomic E-state index is 0.0386. The van der Waals surface area contributed by atoms with E-state index >= 15 is 0 Å². The number of carboxylic acid groups (broad SMARTS) is 1. The van der Waals surface area contributed by atoms with Crippen molar-refractivity contribution in [2.24, 2.45) is 0 Å². The molecule has 2 aromatic rings. The molecule has 21 heavy (non-hydrogen) atoms. The number of para-hydroxylation sites is 2. The van der Waals surface area contributed by atoms with Gasteiger partial charge in [0.05, 0.1) is 18.4 Å². The second-order valence-corrected chi connectivity index (χ2v) is 6.24. The van der Waals surface area contributed by atoms with Gasteiger partial charge >= 0.3 is 5.97 Å². The number of fused-ring (bicyclic) bond motifs is 1. The lowest BCUT2D eigenvalue weighted by atomic mass is 10.2. The third-order valence-corrected chi connectivity index (χ3v) is 4.82. The van der Waals surface area contributed by atoms with E-state index in [0.717, 1.165) is 4.31 Å². The van der Waals surface area contributed by atoms with Gasteiger partial charge in [0.1, 0.15) is 10.6 Å². The van der Waals surface area contributed by atoms with Crippen LogP contribution in [0.5, 0.6) is 5.75 Å². The molecular formula is C12H11N3O5S. The van der Waals surface area contributed by atoms with E-state index in [1.807, 2.05) is 0 Å². The quantitative estimate of drug-likeness (QED) is 0.851. The Morgan fingerprint density at radius 2 is 2.19 bits per heavy atom. The van der Waals surface area contributed by atoms with Gasteiger partial charge < -0.3 is 9.84 Å². The third kappa shape index (κ3) is 2.21. The van der Waals surface area contributed by atoms with Crippen molar-refractivity contribution in [1.29, 1.82) is 0 Å². The SMILES string of the molecule is O=C(O)C1CN(S(=O)(=O)c2cn[nH]c2)c2ccccc2O1. The molecule has 0 radical (unpaired) electrons. The number of anilines is 1. The number of hydrogen-bond acceptors (Lipinski definition) is 5. The third-order valence-electron chi connectivity index (χ3n) is 3.07. The van der Waals surface area contributed by atoms with Gasteiger partial charge in [0.25, 0.3) is 10.0 Å². The average molecular weight is 309 g/mol. The Bertz CT molecular complexity index is 772. The van der Waals surface area contributed by atoms with Crippen molar-refractivity contribution in [3.05, 3.63) is 36.7 Å². The van der Waals surface area contributed by atoms with Crippen molar-refractivity contribution in [2.45, 2.75) is 11.0 Å². The molecule has 8 nitrogen and oxygen atoms in total. The molecule has 1 aliphatic rings. The molecule has 3 rings (SSSR count). The van der Waals surface area contributed by atoms with Crippen molar-refractivity contribution in [2.75, 3.05) is 10.8 Å². The van der Waals surface area contributed by atoms with Crippen LogP contribution in [0.15, 0.2) is 41.6 Å². The highest BCUT2D eigenvalue weighted by Crippen LogP contribution is 2.36. The van der Waals surface area contributed by atoms with Crippen molar-refractivity contribution in [3.8, 4) is 5.75 Å². The zero-order chi connectivity index (χ0) is 15.0. The van der Waals surface area contributed by atoms with Crippen LogP contribution >= 0.6 is 0 Å². The second-order valence-electron chi connectivity index (χ2n) is 4.38. The first-order chi connectivity index (χ1) is 10.00. The molecule has 9 heteroatoms. The summed E-state index contributed by atoms with van der Waals surface area (Å²) in [6.07, 6.45) is 1.15. The van der Waals surface area contributed by atoms with Gasteiger partial charge in [-0.25, -0.2) is 13.2 Å². The molecule has 0 bridgehead atoms. The summed E-state index contributed by atoms with van der Waals surface area (Å²) < 4.78 is 31.5. The smallest absolute Gasteiger partial charge is 0.346 e. The zero-order valence-corrected chi connectivity index (χ0v) is 11.4. The summed E-state index contributed by atoms with van der Waals surface area (Å²) in [4.78, 5) is 11.1. The molecule has 0 saturated carbocycles. The molecule has 1 aliphatic heterocycles. The lowest BCUT2D eigenvalue weighted by Crippen LogP contribution is -2.46. The number of hydrogen-bond donors (Lipinski definition) is 2. The molecule has 2 heterocycles. The molecule has 1 aromatic carbocycles. The number of aliphatic carboxylic acids is 1. The predicted molar refractivity (Wildman–Crippen MR) is 71.6 cm³/mol. The van der Waals surface area contributed by atoms with E-state index in [-0.39, 0.29) is 17.2 Å². The Morgan fingerprint density at radius 3 is 2.86 bits per heavy atom. The summed E-state index contributed by atoms with van der Waals surface area (Å²) in [7, 11) is -3.90. The normalized spacial score (nSPS) is 17.9. The van der Waals surface area contributed by atoms with Crippen LogP contribution in [0, 0.1) is 0 Å². The van der Waals surface area contributed by atoms with E-state index < -0.39 is 22.1 Å². The Morgan fingerprint density at radius 1 is 1.43 bits per heavy atom. The fraction of sp³-hybridized carbons (Fsp3) is 0.167. The molecular weight excluding hydrogens is 298 g/mol. The summed E-state index contributed by atoms with van der Waals surface area (Å²) in [5.41, 5.74) is 0.302. The number of nitrogens with zero attached hydrogens (tertiary/aromatic N) is 2. The second kappa shape index (κ2) is 4.77. The highest BCUT2D eigenvalue weighted by Gasteiger charge is 2.37. The summed E-state index contributed by atoms with van der Waals surface area (Å²) >= 11 is 0. The van der Waals surface area contributed by atoms with Crippen LogP contribution in [0.1, 0.15) is 0 Å². The molecule has 1 aromatic heterocycles. The highest BCUT2D eigenvalue weighted by atomic mass is 32.2. The molecule has 0 aliphatic carbocycles. The van der Waals surface area contributed by atoms with E-state index in [4.69, 9.17) is 9.84 Å². The Labute approximate surface area is 120 Å². The lowest BCUT2D eigenvalue weighted by molar-refractivity contribution is -0.144.